The molecule has 0 fully saturated rings. The van der Waals surface area contributed by atoms with E-state index in [1.165, 1.54) is 12.1 Å². The highest BCUT2D eigenvalue weighted by molar-refractivity contribution is 7.15. The summed E-state index contributed by atoms with van der Waals surface area (Å²) in [5, 5.41) is 13.0. The van der Waals surface area contributed by atoms with Crippen LogP contribution in [0.5, 0.6) is 5.75 Å². The molecule has 7 nitrogen and oxygen atoms in total. The highest BCUT2D eigenvalue weighted by Crippen LogP contribution is 2.17. The monoisotopic (exact) mass is 386 g/mol. The third kappa shape index (κ3) is 4.85. The van der Waals surface area contributed by atoms with Gasteiger partial charge in [-0.1, -0.05) is 23.5 Å². The quantitative estimate of drug-likeness (QED) is 0.680. The molecule has 0 radical (unpaired) electrons. The number of halogens is 1. The summed E-state index contributed by atoms with van der Waals surface area (Å²) in [4.78, 5) is 24.3. The number of carbonyl (C=O) groups is 2. The van der Waals surface area contributed by atoms with Gasteiger partial charge in [0.15, 0.2) is 0 Å². The van der Waals surface area contributed by atoms with Crippen LogP contribution in [-0.4, -0.2) is 29.1 Å². The van der Waals surface area contributed by atoms with Crippen molar-refractivity contribution in [2.45, 2.75) is 6.54 Å². The standard InChI is InChI=1S/C18H15FN4O3S/c1-26-14-8-6-13(7-9-14)21-16(25)18-23-22-17(27-18)15(24)20-10-11-2-4-12(19)5-3-11/h2-9H,10H2,1H3,(H,20,24)(H,21,25). The summed E-state index contributed by atoms with van der Waals surface area (Å²) in [6, 6.07) is 12.6. The lowest BCUT2D eigenvalue weighted by atomic mass is 10.2. The molecular formula is C18H15FN4O3S. The zero-order valence-corrected chi connectivity index (χ0v) is 15.0. The Bertz CT molecular complexity index is 942. The van der Waals surface area contributed by atoms with Gasteiger partial charge < -0.3 is 15.4 Å². The van der Waals surface area contributed by atoms with E-state index in [9.17, 15) is 14.0 Å². The van der Waals surface area contributed by atoms with Crippen molar-refractivity contribution in [3.8, 4) is 5.75 Å². The summed E-state index contributed by atoms with van der Waals surface area (Å²) in [6.07, 6.45) is 0. The van der Waals surface area contributed by atoms with Gasteiger partial charge in [-0.25, -0.2) is 4.39 Å². The summed E-state index contributed by atoms with van der Waals surface area (Å²) in [5.74, 6) is -0.596. The Hall–Kier alpha value is -3.33. The molecule has 0 bridgehead atoms. The van der Waals surface area contributed by atoms with E-state index < -0.39 is 11.8 Å². The van der Waals surface area contributed by atoms with E-state index in [0.717, 1.165) is 16.9 Å². The van der Waals surface area contributed by atoms with Crippen LogP contribution in [0.3, 0.4) is 0 Å². The lowest BCUT2D eigenvalue weighted by molar-refractivity contribution is 0.0948. The Balaban J connectivity index is 1.58. The van der Waals surface area contributed by atoms with Gasteiger partial charge in [0.2, 0.25) is 10.0 Å². The van der Waals surface area contributed by atoms with E-state index in [1.807, 2.05) is 0 Å². The van der Waals surface area contributed by atoms with Crippen LogP contribution in [0.2, 0.25) is 0 Å². The van der Waals surface area contributed by atoms with Gasteiger partial charge in [-0.05, 0) is 42.0 Å². The zero-order chi connectivity index (χ0) is 19.2. The number of carbonyl (C=O) groups excluding carboxylic acids is 2. The topological polar surface area (TPSA) is 93.2 Å². The number of hydrogen-bond donors (Lipinski definition) is 2. The Morgan fingerprint density at radius 1 is 1.00 bits per heavy atom. The molecule has 3 aromatic rings. The SMILES string of the molecule is COc1ccc(NC(=O)c2nnc(C(=O)NCc3ccc(F)cc3)s2)cc1. The minimum absolute atomic E-state index is 0.0667. The summed E-state index contributed by atoms with van der Waals surface area (Å²) in [7, 11) is 1.55. The summed E-state index contributed by atoms with van der Waals surface area (Å²) < 4.78 is 17.9. The van der Waals surface area contributed by atoms with Crippen LogP contribution in [0.1, 0.15) is 25.2 Å². The number of nitrogens with one attached hydrogen (secondary N) is 2. The molecule has 1 heterocycles. The third-order valence-electron chi connectivity index (χ3n) is 3.53. The van der Waals surface area contributed by atoms with E-state index >= 15 is 0 Å². The Morgan fingerprint density at radius 3 is 2.26 bits per heavy atom. The molecule has 0 aliphatic rings. The number of benzene rings is 2. The van der Waals surface area contributed by atoms with Crippen molar-refractivity contribution in [3.63, 3.8) is 0 Å². The molecule has 3 rings (SSSR count). The molecule has 0 aliphatic carbocycles. The molecule has 0 atom stereocenters. The number of nitrogens with zero attached hydrogens (tertiary/aromatic N) is 2. The van der Waals surface area contributed by atoms with Gasteiger partial charge in [-0.2, -0.15) is 0 Å². The second kappa shape index (κ2) is 8.37. The lowest BCUT2D eigenvalue weighted by Crippen LogP contribution is -2.22. The maximum absolute atomic E-state index is 12.9. The molecule has 2 aromatic carbocycles. The van der Waals surface area contributed by atoms with Gasteiger partial charge in [0.05, 0.1) is 7.11 Å². The van der Waals surface area contributed by atoms with Crippen LogP contribution < -0.4 is 15.4 Å². The van der Waals surface area contributed by atoms with E-state index in [1.54, 1.807) is 43.5 Å². The molecule has 1 aromatic heterocycles. The van der Waals surface area contributed by atoms with Crippen LogP contribution in [0.4, 0.5) is 10.1 Å². The number of amides is 2. The Kier molecular flexibility index (Phi) is 5.72. The zero-order valence-electron chi connectivity index (χ0n) is 14.2. The molecule has 9 heteroatoms. The van der Waals surface area contributed by atoms with Crippen molar-refractivity contribution < 1.29 is 18.7 Å². The maximum Gasteiger partial charge on any atom is 0.286 e. The van der Waals surface area contributed by atoms with Crippen LogP contribution >= 0.6 is 11.3 Å². The largest absolute Gasteiger partial charge is 0.497 e. The fraction of sp³-hybridized carbons (Fsp3) is 0.111. The van der Waals surface area contributed by atoms with Gasteiger partial charge in [0, 0.05) is 12.2 Å². The first-order valence-corrected chi connectivity index (χ1v) is 8.68. The third-order valence-corrected chi connectivity index (χ3v) is 4.45. The number of aromatic nitrogens is 2. The van der Waals surface area contributed by atoms with Gasteiger partial charge in [0.1, 0.15) is 11.6 Å². The number of methoxy groups -OCH3 is 1. The number of hydrogen-bond acceptors (Lipinski definition) is 6. The van der Waals surface area contributed by atoms with Crippen molar-refractivity contribution >= 4 is 28.8 Å². The minimum Gasteiger partial charge on any atom is -0.497 e. The molecule has 138 valence electrons. The van der Waals surface area contributed by atoms with Crippen molar-refractivity contribution in [1.29, 1.82) is 0 Å². The summed E-state index contributed by atoms with van der Waals surface area (Å²) >= 11 is 0.883. The highest BCUT2D eigenvalue weighted by Gasteiger charge is 2.17. The van der Waals surface area contributed by atoms with Gasteiger partial charge in [0.25, 0.3) is 11.8 Å². The van der Waals surface area contributed by atoms with E-state index in [2.05, 4.69) is 20.8 Å². The Morgan fingerprint density at radius 2 is 1.63 bits per heavy atom. The molecule has 0 saturated carbocycles. The predicted molar refractivity (Wildman–Crippen MR) is 98.4 cm³/mol. The first-order valence-electron chi connectivity index (χ1n) is 7.86. The fourth-order valence-electron chi connectivity index (χ4n) is 2.13. The van der Waals surface area contributed by atoms with Crippen molar-refractivity contribution in [1.82, 2.24) is 15.5 Å². The van der Waals surface area contributed by atoms with E-state index in [4.69, 9.17) is 4.74 Å². The molecular weight excluding hydrogens is 371 g/mol. The van der Waals surface area contributed by atoms with Crippen LogP contribution in [0.15, 0.2) is 48.5 Å². The first-order chi connectivity index (χ1) is 13.0. The number of ether oxygens (including phenoxy) is 1. The maximum atomic E-state index is 12.9. The predicted octanol–water partition coefficient (Wildman–Crippen LogP) is 2.87. The second-order valence-electron chi connectivity index (χ2n) is 5.40. The first kappa shape index (κ1) is 18.5. The molecule has 2 amide bonds. The average molecular weight is 386 g/mol. The molecule has 2 N–H and O–H groups in total. The van der Waals surface area contributed by atoms with Gasteiger partial charge >= 0.3 is 0 Å². The van der Waals surface area contributed by atoms with Crippen molar-refractivity contribution in [2.24, 2.45) is 0 Å². The van der Waals surface area contributed by atoms with Crippen LogP contribution in [0, 0.1) is 5.82 Å². The molecule has 0 saturated heterocycles. The molecule has 27 heavy (non-hydrogen) atoms. The van der Waals surface area contributed by atoms with E-state index in [0.29, 0.717) is 11.4 Å². The lowest BCUT2D eigenvalue weighted by Gasteiger charge is -2.04. The Labute approximate surface area is 158 Å². The number of anilines is 1. The molecule has 0 unspecified atom stereocenters. The highest BCUT2D eigenvalue weighted by atomic mass is 32.1. The molecule has 0 aliphatic heterocycles. The van der Waals surface area contributed by atoms with Crippen molar-refractivity contribution in [2.75, 3.05) is 12.4 Å². The van der Waals surface area contributed by atoms with Gasteiger partial charge in [-0.15, -0.1) is 10.2 Å². The smallest absolute Gasteiger partial charge is 0.286 e. The second-order valence-corrected chi connectivity index (χ2v) is 6.38. The van der Waals surface area contributed by atoms with Crippen LogP contribution in [-0.2, 0) is 6.54 Å². The van der Waals surface area contributed by atoms with Crippen molar-refractivity contribution in [3.05, 3.63) is 69.9 Å². The summed E-state index contributed by atoms with van der Waals surface area (Å²) in [5.41, 5.74) is 1.31. The normalized spacial score (nSPS) is 10.3. The average Bonchev–Trinajstić information content (AvgIpc) is 3.18. The number of rotatable bonds is 6. The van der Waals surface area contributed by atoms with Gasteiger partial charge in [-0.3, -0.25) is 9.59 Å². The summed E-state index contributed by atoms with van der Waals surface area (Å²) in [6.45, 7) is 0.214. The fourth-order valence-corrected chi connectivity index (χ4v) is 2.78. The minimum atomic E-state index is -0.463. The van der Waals surface area contributed by atoms with Crippen LogP contribution in [0.25, 0.3) is 0 Å². The molecule has 0 spiro atoms. The van der Waals surface area contributed by atoms with E-state index in [-0.39, 0.29) is 22.4 Å².